The van der Waals surface area contributed by atoms with Gasteiger partial charge in [0.2, 0.25) is 0 Å². The lowest BCUT2D eigenvalue weighted by molar-refractivity contribution is 0.191. The van der Waals surface area contributed by atoms with Gasteiger partial charge < -0.3 is 10.4 Å². The van der Waals surface area contributed by atoms with Crippen LogP contribution in [0.1, 0.15) is 42.6 Å². The average molecular weight is 348 g/mol. The molecule has 1 unspecified atom stereocenters. The van der Waals surface area contributed by atoms with Crippen LogP contribution in [0, 0.1) is 6.92 Å². The quantitative estimate of drug-likeness (QED) is 0.795. The maximum Gasteiger partial charge on any atom is 0.0962 e. The average Bonchev–Trinajstić information content (AvgIpc) is 2.46. The molecule has 0 fully saturated rings. The minimum atomic E-state index is -0.505. The van der Waals surface area contributed by atoms with Crippen LogP contribution in [0.2, 0.25) is 0 Å². The molecule has 2 rings (SSSR count). The Hall–Kier alpha value is -1.32. The van der Waals surface area contributed by atoms with Gasteiger partial charge in [0.25, 0.3) is 0 Å². The molecule has 0 saturated carbocycles. The van der Waals surface area contributed by atoms with E-state index in [2.05, 4.69) is 60.2 Å². The van der Waals surface area contributed by atoms with E-state index < -0.39 is 6.10 Å². The summed E-state index contributed by atoms with van der Waals surface area (Å²) in [5.74, 6) is 0.514. The zero-order valence-electron chi connectivity index (χ0n) is 12.7. The third-order valence-electron chi connectivity index (χ3n) is 3.66. The Morgan fingerprint density at radius 3 is 2.24 bits per heavy atom. The van der Waals surface area contributed by atoms with Crippen molar-refractivity contribution in [1.29, 1.82) is 0 Å². The highest BCUT2D eigenvalue weighted by Gasteiger charge is 2.09. The Morgan fingerprint density at radius 2 is 1.67 bits per heavy atom. The molecule has 0 spiro atoms. The molecule has 2 aromatic carbocycles. The highest BCUT2D eigenvalue weighted by Crippen LogP contribution is 2.22. The molecule has 0 heterocycles. The second-order valence-corrected chi connectivity index (χ2v) is 6.59. The van der Waals surface area contributed by atoms with Gasteiger partial charge in [-0.3, -0.25) is 0 Å². The molecule has 0 aliphatic carbocycles. The number of hydrogen-bond donors (Lipinski definition) is 2. The van der Waals surface area contributed by atoms with E-state index in [0.29, 0.717) is 12.5 Å². The van der Waals surface area contributed by atoms with Crippen LogP contribution in [-0.4, -0.2) is 11.7 Å². The van der Waals surface area contributed by atoms with Gasteiger partial charge in [-0.25, -0.2) is 0 Å². The topological polar surface area (TPSA) is 32.3 Å². The van der Waals surface area contributed by atoms with Gasteiger partial charge in [0.05, 0.1) is 6.10 Å². The minimum absolute atomic E-state index is 0.503. The first-order valence-corrected chi connectivity index (χ1v) is 8.04. The number of rotatable bonds is 5. The van der Waals surface area contributed by atoms with Crippen LogP contribution in [0.15, 0.2) is 46.9 Å². The van der Waals surface area contributed by atoms with Gasteiger partial charge in [-0.05, 0) is 47.7 Å². The van der Waals surface area contributed by atoms with Crippen molar-refractivity contribution in [2.75, 3.05) is 11.9 Å². The van der Waals surface area contributed by atoms with E-state index in [0.717, 1.165) is 21.3 Å². The van der Waals surface area contributed by atoms with Crippen molar-refractivity contribution >= 4 is 21.6 Å². The van der Waals surface area contributed by atoms with Gasteiger partial charge >= 0.3 is 0 Å². The first-order valence-electron chi connectivity index (χ1n) is 7.25. The molecule has 21 heavy (non-hydrogen) atoms. The molecule has 2 N–H and O–H groups in total. The van der Waals surface area contributed by atoms with Crippen LogP contribution < -0.4 is 5.32 Å². The number of hydrogen-bond acceptors (Lipinski definition) is 2. The van der Waals surface area contributed by atoms with E-state index in [1.54, 1.807) is 0 Å². The van der Waals surface area contributed by atoms with Gasteiger partial charge in [0.1, 0.15) is 0 Å². The highest BCUT2D eigenvalue weighted by atomic mass is 79.9. The minimum Gasteiger partial charge on any atom is -0.387 e. The fraction of sp³-hybridized carbons (Fsp3) is 0.333. The Morgan fingerprint density at radius 1 is 1.05 bits per heavy atom. The molecule has 0 aliphatic heterocycles. The molecule has 2 nitrogen and oxygen atoms in total. The third kappa shape index (κ3) is 4.32. The molecule has 0 amide bonds. The summed E-state index contributed by atoms with van der Waals surface area (Å²) in [5.41, 5.74) is 4.45. The van der Waals surface area contributed by atoms with Gasteiger partial charge in [-0.1, -0.05) is 54.0 Å². The van der Waals surface area contributed by atoms with Gasteiger partial charge in [0, 0.05) is 16.7 Å². The normalized spacial score (nSPS) is 12.5. The number of benzene rings is 2. The maximum atomic E-state index is 10.3. The molecule has 2 aromatic rings. The lowest BCUT2D eigenvalue weighted by atomic mass is 10.00. The van der Waals surface area contributed by atoms with Crippen molar-refractivity contribution in [2.45, 2.75) is 32.8 Å². The molecular weight excluding hydrogens is 326 g/mol. The van der Waals surface area contributed by atoms with E-state index in [1.165, 1.54) is 5.56 Å². The summed E-state index contributed by atoms with van der Waals surface area (Å²) in [6.07, 6.45) is -0.505. The van der Waals surface area contributed by atoms with Crippen LogP contribution in [0.3, 0.4) is 0 Å². The first kappa shape index (κ1) is 16.1. The summed E-state index contributed by atoms with van der Waals surface area (Å²) in [6.45, 7) is 6.90. The molecule has 0 aliphatic rings. The molecule has 112 valence electrons. The summed E-state index contributed by atoms with van der Waals surface area (Å²) in [5, 5.41) is 13.6. The van der Waals surface area contributed by atoms with Crippen molar-refractivity contribution in [3.8, 4) is 0 Å². The summed E-state index contributed by atoms with van der Waals surface area (Å²) >= 11 is 3.45. The smallest absolute Gasteiger partial charge is 0.0962 e. The van der Waals surface area contributed by atoms with Gasteiger partial charge in [0.15, 0.2) is 0 Å². The van der Waals surface area contributed by atoms with Crippen molar-refractivity contribution in [1.82, 2.24) is 0 Å². The zero-order chi connectivity index (χ0) is 15.4. The zero-order valence-corrected chi connectivity index (χ0v) is 14.3. The third-order valence-corrected chi connectivity index (χ3v) is 4.16. The predicted molar refractivity (Wildman–Crippen MR) is 92.9 cm³/mol. The number of aliphatic hydroxyl groups excluding tert-OH is 1. The largest absolute Gasteiger partial charge is 0.387 e. The second kappa shape index (κ2) is 7.10. The van der Waals surface area contributed by atoms with Gasteiger partial charge in [-0.15, -0.1) is 0 Å². The van der Waals surface area contributed by atoms with E-state index >= 15 is 0 Å². The Balaban J connectivity index is 1.99. The number of nitrogens with one attached hydrogen (secondary N) is 1. The molecular formula is C18H22BrNO. The van der Waals surface area contributed by atoms with Gasteiger partial charge in [-0.2, -0.15) is 0 Å². The lowest BCUT2D eigenvalue weighted by Gasteiger charge is -2.16. The monoisotopic (exact) mass is 347 g/mol. The Kier molecular flexibility index (Phi) is 5.43. The van der Waals surface area contributed by atoms with Crippen LogP contribution in [0.25, 0.3) is 0 Å². The summed E-state index contributed by atoms with van der Waals surface area (Å²) < 4.78 is 1.07. The SMILES string of the molecule is Cc1cc(Br)ccc1NCC(O)c1ccc(C(C)C)cc1. The summed E-state index contributed by atoms with van der Waals surface area (Å²) in [4.78, 5) is 0. The molecule has 0 aromatic heterocycles. The first-order chi connectivity index (χ1) is 9.97. The van der Waals surface area contributed by atoms with Crippen molar-refractivity contribution in [2.24, 2.45) is 0 Å². The van der Waals surface area contributed by atoms with Crippen molar-refractivity contribution in [3.05, 3.63) is 63.6 Å². The molecule has 3 heteroatoms. The standard InChI is InChI=1S/C18H22BrNO/c1-12(2)14-4-6-15(7-5-14)18(21)11-20-17-9-8-16(19)10-13(17)3/h4-10,12,18,20-21H,11H2,1-3H3. The fourth-order valence-electron chi connectivity index (χ4n) is 2.25. The number of anilines is 1. The van der Waals surface area contributed by atoms with E-state index in [1.807, 2.05) is 24.3 Å². The van der Waals surface area contributed by atoms with Crippen LogP contribution >= 0.6 is 15.9 Å². The summed E-state index contributed by atoms with van der Waals surface area (Å²) in [6, 6.07) is 14.3. The molecule has 0 saturated heterocycles. The lowest BCUT2D eigenvalue weighted by Crippen LogP contribution is -2.12. The van der Waals surface area contributed by atoms with Crippen LogP contribution in [0.5, 0.6) is 0 Å². The van der Waals surface area contributed by atoms with E-state index in [-0.39, 0.29) is 0 Å². The Labute approximate surface area is 135 Å². The molecule has 1 atom stereocenters. The van der Waals surface area contributed by atoms with E-state index in [9.17, 15) is 5.11 Å². The number of aryl methyl sites for hydroxylation is 1. The molecule has 0 radical (unpaired) electrons. The van der Waals surface area contributed by atoms with Crippen molar-refractivity contribution in [3.63, 3.8) is 0 Å². The number of halogens is 1. The van der Waals surface area contributed by atoms with Crippen molar-refractivity contribution < 1.29 is 5.11 Å². The second-order valence-electron chi connectivity index (χ2n) is 5.68. The predicted octanol–water partition coefficient (Wildman–Crippen LogP) is 5.03. The highest BCUT2D eigenvalue weighted by molar-refractivity contribution is 9.10. The summed E-state index contributed by atoms with van der Waals surface area (Å²) in [7, 11) is 0. The Bertz CT molecular complexity index is 593. The molecule has 0 bridgehead atoms. The van der Waals surface area contributed by atoms with Crippen LogP contribution in [0.4, 0.5) is 5.69 Å². The maximum absolute atomic E-state index is 10.3. The number of aliphatic hydroxyl groups is 1. The van der Waals surface area contributed by atoms with Crippen LogP contribution in [-0.2, 0) is 0 Å². The fourth-order valence-corrected chi connectivity index (χ4v) is 2.73. The van der Waals surface area contributed by atoms with E-state index in [4.69, 9.17) is 0 Å².